The van der Waals surface area contributed by atoms with Crippen LogP contribution in [0.3, 0.4) is 0 Å². The van der Waals surface area contributed by atoms with Crippen molar-refractivity contribution in [3.63, 3.8) is 0 Å². The Morgan fingerprint density at radius 2 is 1.92 bits per heavy atom. The average molecular weight is 387 g/mol. The molecule has 1 N–H and O–H groups in total. The van der Waals surface area contributed by atoms with Gasteiger partial charge in [-0.3, -0.25) is 4.90 Å². The summed E-state index contributed by atoms with van der Waals surface area (Å²) in [4.78, 5) is 2.25. The van der Waals surface area contributed by atoms with Crippen molar-refractivity contribution < 1.29 is 17.9 Å². The molecule has 1 fully saturated rings. The van der Waals surface area contributed by atoms with Gasteiger partial charge < -0.3 is 10.1 Å². The van der Waals surface area contributed by atoms with Gasteiger partial charge in [-0.2, -0.15) is 13.2 Å². The highest BCUT2D eigenvalue weighted by atomic mass is 35.5. The number of hydrogen-bond acceptors (Lipinski definition) is 3. The van der Waals surface area contributed by atoms with E-state index in [0.29, 0.717) is 6.42 Å². The molecule has 1 heterocycles. The highest BCUT2D eigenvalue weighted by Crippen LogP contribution is 2.37. The van der Waals surface area contributed by atoms with Crippen molar-refractivity contribution >= 4 is 24.8 Å². The summed E-state index contributed by atoms with van der Waals surface area (Å²) in [5, 5.41) is 3.27. The van der Waals surface area contributed by atoms with Gasteiger partial charge in [-0.1, -0.05) is 12.1 Å². The van der Waals surface area contributed by atoms with Gasteiger partial charge in [-0.15, -0.1) is 31.4 Å². The Bertz CT molecular complexity index is 521. The fourth-order valence-electron chi connectivity index (χ4n) is 2.79. The maximum atomic E-state index is 12.8. The van der Waals surface area contributed by atoms with Crippen molar-refractivity contribution in [1.82, 2.24) is 10.2 Å². The molecular weight excluding hydrogens is 364 g/mol. The molecular formula is C16H23Cl2F3N2O. The first-order valence-corrected chi connectivity index (χ1v) is 7.28. The minimum absolute atomic E-state index is 0. The molecule has 0 spiro atoms. The van der Waals surface area contributed by atoms with Gasteiger partial charge in [0.25, 0.3) is 0 Å². The summed E-state index contributed by atoms with van der Waals surface area (Å²) in [7, 11) is 1.40. The Morgan fingerprint density at radius 3 is 2.42 bits per heavy atom. The molecule has 1 aliphatic rings. The number of methoxy groups -OCH3 is 1. The Kier molecular flexibility index (Phi) is 9.73. The SMILES string of the molecule is C=CC[C@H](c1ccc(C(F)(F)F)cc1OC)N1CCNCC1.Cl.Cl. The van der Waals surface area contributed by atoms with Crippen LogP contribution in [0.4, 0.5) is 13.2 Å². The third-order valence-electron chi connectivity index (χ3n) is 3.90. The standard InChI is InChI=1S/C16H21F3N2O.2ClH/c1-3-4-14(21-9-7-20-8-10-21)13-6-5-12(16(17,18)19)11-15(13)22-2;;/h3,5-6,11,14,20H,1,4,7-10H2,2H3;2*1H/t14-;;/m1../s1. The first-order chi connectivity index (χ1) is 10.5. The van der Waals surface area contributed by atoms with Gasteiger partial charge in [0, 0.05) is 37.8 Å². The number of hydrogen-bond donors (Lipinski definition) is 1. The van der Waals surface area contributed by atoms with E-state index in [1.807, 2.05) is 0 Å². The molecule has 8 heteroatoms. The van der Waals surface area contributed by atoms with Gasteiger partial charge in [0.15, 0.2) is 0 Å². The quantitative estimate of drug-likeness (QED) is 0.771. The molecule has 3 nitrogen and oxygen atoms in total. The molecule has 0 bridgehead atoms. The molecule has 1 aromatic rings. The average Bonchev–Trinajstić information content (AvgIpc) is 2.52. The van der Waals surface area contributed by atoms with Crippen LogP contribution in [0.15, 0.2) is 30.9 Å². The predicted molar refractivity (Wildman–Crippen MR) is 94.5 cm³/mol. The van der Waals surface area contributed by atoms with Crippen LogP contribution in [-0.2, 0) is 6.18 Å². The second kappa shape index (κ2) is 10.1. The molecule has 138 valence electrons. The van der Waals surface area contributed by atoms with E-state index >= 15 is 0 Å². The van der Waals surface area contributed by atoms with Crippen molar-refractivity contribution in [2.75, 3.05) is 33.3 Å². The van der Waals surface area contributed by atoms with E-state index in [9.17, 15) is 13.2 Å². The maximum Gasteiger partial charge on any atom is 0.416 e. The van der Waals surface area contributed by atoms with Gasteiger partial charge in [0.2, 0.25) is 0 Å². The highest BCUT2D eigenvalue weighted by Gasteiger charge is 2.32. The number of alkyl halides is 3. The first-order valence-electron chi connectivity index (χ1n) is 7.28. The van der Waals surface area contributed by atoms with Crippen molar-refractivity contribution in [3.05, 3.63) is 42.0 Å². The summed E-state index contributed by atoms with van der Waals surface area (Å²) in [6.07, 6.45) is -1.90. The molecule has 1 aromatic carbocycles. The molecule has 1 aliphatic heterocycles. The fourth-order valence-corrected chi connectivity index (χ4v) is 2.79. The number of benzene rings is 1. The van der Waals surface area contributed by atoms with Crippen molar-refractivity contribution in [1.29, 1.82) is 0 Å². The molecule has 1 atom stereocenters. The zero-order chi connectivity index (χ0) is 16.2. The highest BCUT2D eigenvalue weighted by molar-refractivity contribution is 5.85. The first kappa shape index (κ1) is 23.1. The molecule has 1 saturated heterocycles. The zero-order valence-corrected chi connectivity index (χ0v) is 15.1. The summed E-state index contributed by atoms with van der Waals surface area (Å²) in [5.74, 6) is 0.278. The third kappa shape index (κ3) is 5.55. The van der Waals surface area contributed by atoms with Crippen LogP contribution >= 0.6 is 24.8 Å². The van der Waals surface area contributed by atoms with Crippen LogP contribution in [0.5, 0.6) is 5.75 Å². The lowest BCUT2D eigenvalue weighted by molar-refractivity contribution is -0.137. The van der Waals surface area contributed by atoms with Crippen LogP contribution < -0.4 is 10.1 Å². The Balaban J connectivity index is 0.00000264. The number of halogens is 5. The van der Waals surface area contributed by atoms with Crippen molar-refractivity contribution in [3.8, 4) is 5.75 Å². The van der Waals surface area contributed by atoms with Crippen molar-refractivity contribution in [2.24, 2.45) is 0 Å². The van der Waals surface area contributed by atoms with Gasteiger partial charge in [-0.05, 0) is 18.6 Å². The second-order valence-electron chi connectivity index (χ2n) is 5.28. The summed E-state index contributed by atoms with van der Waals surface area (Å²) in [6.45, 7) is 7.21. The molecule has 0 unspecified atom stereocenters. The number of nitrogens with zero attached hydrogens (tertiary/aromatic N) is 1. The summed E-state index contributed by atoms with van der Waals surface area (Å²) in [5.41, 5.74) is 0.0862. The molecule has 0 amide bonds. The van der Waals surface area contributed by atoms with E-state index < -0.39 is 11.7 Å². The lowest BCUT2D eigenvalue weighted by atomic mass is 9.98. The lowest BCUT2D eigenvalue weighted by Crippen LogP contribution is -2.45. The molecule has 0 aromatic heterocycles. The van der Waals surface area contributed by atoms with Crippen LogP contribution in [0, 0.1) is 0 Å². The van der Waals surface area contributed by atoms with Crippen LogP contribution in [0.25, 0.3) is 0 Å². The van der Waals surface area contributed by atoms with Gasteiger partial charge in [0.05, 0.1) is 12.7 Å². The summed E-state index contributed by atoms with van der Waals surface area (Å²) >= 11 is 0. The Hall–Kier alpha value is -0.950. The minimum Gasteiger partial charge on any atom is -0.496 e. The number of rotatable bonds is 5. The summed E-state index contributed by atoms with van der Waals surface area (Å²) in [6, 6.07) is 3.71. The molecule has 2 rings (SSSR count). The number of piperazine rings is 1. The van der Waals surface area contributed by atoms with E-state index in [4.69, 9.17) is 4.74 Å². The Morgan fingerprint density at radius 1 is 1.29 bits per heavy atom. The predicted octanol–water partition coefficient (Wildman–Crippen LogP) is 4.08. The molecule has 0 saturated carbocycles. The second-order valence-corrected chi connectivity index (χ2v) is 5.28. The molecule has 24 heavy (non-hydrogen) atoms. The van der Waals surface area contributed by atoms with E-state index in [2.05, 4.69) is 16.8 Å². The topological polar surface area (TPSA) is 24.5 Å². The van der Waals surface area contributed by atoms with Gasteiger partial charge in [0.1, 0.15) is 5.75 Å². The molecule has 0 aliphatic carbocycles. The summed E-state index contributed by atoms with van der Waals surface area (Å²) < 4.78 is 43.8. The van der Waals surface area contributed by atoms with Crippen LogP contribution in [0.2, 0.25) is 0 Å². The van der Waals surface area contributed by atoms with E-state index in [0.717, 1.165) is 43.9 Å². The smallest absolute Gasteiger partial charge is 0.416 e. The van der Waals surface area contributed by atoms with Crippen molar-refractivity contribution in [2.45, 2.75) is 18.6 Å². The van der Waals surface area contributed by atoms with E-state index in [1.54, 1.807) is 6.08 Å². The monoisotopic (exact) mass is 386 g/mol. The number of ether oxygens (including phenoxy) is 1. The Labute approximate surface area is 153 Å². The van der Waals surface area contributed by atoms with Crippen LogP contribution in [-0.4, -0.2) is 38.2 Å². The third-order valence-corrected chi connectivity index (χ3v) is 3.90. The van der Waals surface area contributed by atoms with Gasteiger partial charge in [-0.25, -0.2) is 0 Å². The lowest BCUT2D eigenvalue weighted by Gasteiger charge is -2.35. The maximum absolute atomic E-state index is 12.8. The fraction of sp³-hybridized carbons (Fsp3) is 0.500. The normalized spacial score (nSPS) is 16.5. The van der Waals surface area contributed by atoms with E-state index in [1.165, 1.54) is 13.2 Å². The van der Waals surface area contributed by atoms with Gasteiger partial charge >= 0.3 is 6.18 Å². The van der Waals surface area contributed by atoms with Crippen LogP contribution in [0.1, 0.15) is 23.6 Å². The minimum atomic E-state index is -4.37. The molecule has 0 radical (unpaired) electrons. The largest absolute Gasteiger partial charge is 0.496 e. The zero-order valence-electron chi connectivity index (χ0n) is 13.4. The number of nitrogens with one attached hydrogen (secondary N) is 1. The van der Waals surface area contributed by atoms with E-state index in [-0.39, 0.29) is 36.6 Å².